The van der Waals surface area contributed by atoms with Crippen LogP contribution in [0, 0.1) is 0 Å². The van der Waals surface area contributed by atoms with Crippen LogP contribution in [0.5, 0.6) is 0 Å². The Hall–Kier alpha value is -1.05. The Morgan fingerprint density at radius 3 is 2.35 bits per heavy atom. The standard InChI is InChI=1S/C22H43N5O10/c1-26-7-9-2-3-10(24)21(34-9)36-18-11(25)6-12(27-20(33)13(29)4-5-23)15(30)19(18)37-22-17(32)16(31)14(8-28)35-22/h9-19,21-22,26,28-32H,2-8,23-25H2,1H3,(H,27,33)/t9-,10-,11-,12+,13-,14-,15+,16-,17-,18+,19+,21-,22-/m0/s1. The van der Waals surface area contributed by atoms with Crippen LogP contribution >= 0.6 is 0 Å². The van der Waals surface area contributed by atoms with Crippen molar-refractivity contribution in [2.24, 2.45) is 17.2 Å². The fourth-order valence-corrected chi connectivity index (χ4v) is 4.95. The van der Waals surface area contributed by atoms with Crippen LogP contribution in [-0.2, 0) is 23.7 Å². The summed E-state index contributed by atoms with van der Waals surface area (Å²) in [6.07, 6.45) is -10.2. The molecule has 216 valence electrons. The van der Waals surface area contributed by atoms with Crippen LogP contribution in [0.3, 0.4) is 0 Å². The highest BCUT2D eigenvalue weighted by Crippen LogP contribution is 2.32. The molecule has 3 aliphatic rings. The second-order valence-electron chi connectivity index (χ2n) is 9.93. The molecule has 15 nitrogen and oxygen atoms in total. The van der Waals surface area contributed by atoms with Gasteiger partial charge in [-0.05, 0) is 39.3 Å². The van der Waals surface area contributed by atoms with Crippen LogP contribution in [-0.4, -0.2) is 138 Å². The first-order valence-electron chi connectivity index (χ1n) is 12.7. The van der Waals surface area contributed by atoms with E-state index >= 15 is 0 Å². The average molecular weight is 538 g/mol. The number of amides is 1. The van der Waals surface area contributed by atoms with Gasteiger partial charge >= 0.3 is 0 Å². The molecule has 0 spiro atoms. The third-order valence-corrected chi connectivity index (χ3v) is 7.10. The fraction of sp³-hybridized carbons (Fsp3) is 0.955. The van der Waals surface area contributed by atoms with Crippen LogP contribution in [0.4, 0.5) is 0 Å². The van der Waals surface area contributed by atoms with E-state index in [0.29, 0.717) is 13.0 Å². The highest BCUT2D eigenvalue weighted by molar-refractivity contribution is 5.80. The Morgan fingerprint density at radius 1 is 1.03 bits per heavy atom. The lowest BCUT2D eigenvalue weighted by atomic mass is 9.83. The molecule has 0 radical (unpaired) electrons. The lowest BCUT2D eigenvalue weighted by molar-refractivity contribution is -0.288. The second-order valence-corrected chi connectivity index (χ2v) is 9.93. The monoisotopic (exact) mass is 537 g/mol. The quantitative estimate of drug-likeness (QED) is 0.118. The van der Waals surface area contributed by atoms with E-state index in [1.165, 1.54) is 0 Å². The number of rotatable bonds is 11. The number of likely N-dealkylation sites (N-methyl/N-ethyl adjacent to an activating group) is 1. The third-order valence-electron chi connectivity index (χ3n) is 7.10. The number of carbonyl (C=O) groups is 1. The number of aliphatic hydroxyl groups excluding tert-OH is 5. The molecule has 15 heteroatoms. The summed E-state index contributed by atoms with van der Waals surface area (Å²) in [4.78, 5) is 12.4. The van der Waals surface area contributed by atoms with Crippen molar-refractivity contribution in [3.05, 3.63) is 0 Å². The lowest BCUT2D eigenvalue weighted by Gasteiger charge is -2.46. The van der Waals surface area contributed by atoms with Gasteiger partial charge in [-0.1, -0.05) is 0 Å². The first-order chi connectivity index (χ1) is 17.6. The topological polar surface area (TPSA) is 257 Å². The first-order valence-corrected chi connectivity index (χ1v) is 12.7. The molecule has 1 aliphatic carbocycles. The normalized spacial score (nSPS) is 43.5. The number of carbonyl (C=O) groups excluding carboxylic acids is 1. The zero-order valence-corrected chi connectivity index (χ0v) is 21.0. The summed E-state index contributed by atoms with van der Waals surface area (Å²) >= 11 is 0. The highest BCUT2D eigenvalue weighted by Gasteiger charge is 2.51. The Morgan fingerprint density at radius 2 is 1.73 bits per heavy atom. The van der Waals surface area contributed by atoms with Crippen LogP contribution in [0.1, 0.15) is 25.7 Å². The van der Waals surface area contributed by atoms with E-state index in [0.717, 1.165) is 6.42 Å². The molecule has 0 bridgehead atoms. The van der Waals surface area contributed by atoms with Crippen molar-refractivity contribution in [3.8, 4) is 0 Å². The van der Waals surface area contributed by atoms with Gasteiger partial charge in [-0.2, -0.15) is 0 Å². The summed E-state index contributed by atoms with van der Waals surface area (Å²) in [5.41, 5.74) is 18.1. The smallest absolute Gasteiger partial charge is 0.249 e. The minimum absolute atomic E-state index is 0.0274. The van der Waals surface area contributed by atoms with E-state index in [4.69, 9.17) is 36.1 Å². The summed E-state index contributed by atoms with van der Waals surface area (Å²) in [7, 11) is 1.80. The molecule has 3 rings (SSSR count). The Balaban J connectivity index is 1.80. The number of nitrogens with one attached hydrogen (secondary N) is 2. The number of hydrogen-bond donors (Lipinski definition) is 10. The first kappa shape index (κ1) is 30.5. The van der Waals surface area contributed by atoms with Gasteiger partial charge in [0.25, 0.3) is 0 Å². The molecule has 0 unspecified atom stereocenters. The van der Waals surface area contributed by atoms with E-state index in [9.17, 15) is 30.3 Å². The number of aliphatic hydroxyl groups is 5. The van der Waals surface area contributed by atoms with Crippen molar-refractivity contribution < 1.29 is 49.3 Å². The summed E-state index contributed by atoms with van der Waals surface area (Å²) in [5.74, 6) is -0.736. The zero-order valence-electron chi connectivity index (χ0n) is 21.0. The second kappa shape index (κ2) is 13.8. The van der Waals surface area contributed by atoms with Crippen molar-refractivity contribution in [1.29, 1.82) is 0 Å². The van der Waals surface area contributed by atoms with E-state index < -0.39 is 85.9 Å². The van der Waals surface area contributed by atoms with Crippen LogP contribution < -0.4 is 27.8 Å². The fourth-order valence-electron chi connectivity index (χ4n) is 4.95. The molecule has 13 atom stereocenters. The maximum absolute atomic E-state index is 12.4. The van der Waals surface area contributed by atoms with Crippen LogP contribution in [0.25, 0.3) is 0 Å². The lowest BCUT2D eigenvalue weighted by Crippen LogP contribution is -2.67. The van der Waals surface area contributed by atoms with E-state index in [-0.39, 0.29) is 25.5 Å². The van der Waals surface area contributed by atoms with Crippen molar-refractivity contribution >= 4 is 5.91 Å². The molecule has 2 saturated heterocycles. The molecule has 0 aromatic carbocycles. The van der Waals surface area contributed by atoms with Gasteiger partial charge in [0.2, 0.25) is 5.91 Å². The minimum atomic E-state index is -1.53. The Bertz CT molecular complexity index is 725. The molecular formula is C22H43N5O10. The molecule has 0 aromatic rings. The molecular weight excluding hydrogens is 494 g/mol. The number of hydrogen-bond acceptors (Lipinski definition) is 14. The molecule has 1 saturated carbocycles. The molecule has 0 aromatic heterocycles. The van der Waals surface area contributed by atoms with Crippen molar-refractivity contribution in [2.45, 2.75) is 105 Å². The van der Waals surface area contributed by atoms with Gasteiger partial charge in [0.05, 0.1) is 24.8 Å². The number of ether oxygens (including phenoxy) is 4. The largest absolute Gasteiger partial charge is 0.394 e. The summed E-state index contributed by atoms with van der Waals surface area (Å²) in [5, 5.41) is 56.8. The minimum Gasteiger partial charge on any atom is -0.394 e. The van der Waals surface area contributed by atoms with Gasteiger partial charge < -0.3 is 72.3 Å². The van der Waals surface area contributed by atoms with Crippen molar-refractivity contribution in [3.63, 3.8) is 0 Å². The van der Waals surface area contributed by atoms with Gasteiger partial charge in [-0.15, -0.1) is 0 Å². The van der Waals surface area contributed by atoms with Crippen LogP contribution in [0.2, 0.25) is 0 Å². The van der Waals surface area contributed by atoms with E-state index in [2.05, 4.69) is 10.6 Å². The van der Waals surface area contributed by atoms with Crippen molar-refractivity contribution in [1.82, 2.24) is 10.6 Å². The third kappa shape index (κ3) is 7.33. The summed E-state index contributed by atoms with van der Waals surface area (Å²) in [6.45, 7) is 0.0954. The summed E-state index contributed by atoms with van der Waals surface area (Å²) < 4.78 is 23.5. The van der Waals surface area contributed by atoms with E-state index in [1.54, 1.807) is 7.05 Å². The van der Waals surface area contributed by atoms with E-state index in [1.807, 2.05) is 0 Å². The maximum atomic E-state index is 12.4. The van der Waals surface area contributed by atoms with Gasteiger partial charge in [0.1, 0.15) is 42.7 Å². The Labute approximate surface area is 215 Å². The molecule has 3 fully saturated rings. The van der Waals surface area contributed by atoms with Gasteiger partial charge in [0, 0.05) is 12.6 Å². The van der Waals surface area contributed by atoms with Crippen molar-refractivity contribution in [2.75, 3.05) is 26.7 Å². The van der Waals surface area contributed by atoms with Crippen LogP contribution in [0.15, 0.2) is 0 Å². The summed E-state index contributed by atoms with van der Waals surface area (Å²) in [6, 6.07) is -2.23. The van der Waals surface area contributed by atoms with Gasteiger partial charge in [-0.3, -0.25) is 4.79 Å². The predicted octanol–water partition coefficient (Wildman–Crippen LogP) is -5.47. The molecule has 37 heavy (non-hydrogen) atoms. The average Bonchev–Trinajstić information content (AvgIpc) is 3.14. The molecule has 13 N–H and O–H groups in total. The molecule has 2 aliphatic heterocycles. The maximum Gasteiger partial charge on any atom is 0.249 e. The van der Waals surface area contributed by atoms with Gasteiger partial charge in [-0.25, -0.2) is 0 Å². The molecule has 2 heterocycles. The highest BCUT2D eigenvalue weighted by atomic mass is 16.7. The van der Waals surface area contributed by atoms with Gasteiger partial charge in [0.15, 0.2) is 12.6 Å². The Kier molecular flexibility index (Phi) is 11.4. The zero-order chi connectivity index (χ0) is 27.3. The SMILES string of the molecule is CNC[C@@H]1CC[C@H](N)[C@H](O[C@H]2[C@H](O[C@@H]3O[C@@H](CO)[C@H](O)[C@@H]3O)[C@H](O)[C@H](NC(=O)[C@@H](O)CCN)C[C@@H]2N)O1. The predicted molar refractivity (Wildman–Crippen MR) is 128 cm³/mol. The molecule has 1 amide bonds. The number of nitrogens with two attached hydrogens (primary N) is 3.